The van der Waals surface area contributed by atoms with E-state index in [0.29, 0.717) is 5.69 Å². The molecule has 0 saturated heterocycles. The van der Waals surface area contributed by atoms with Gasteiger partial charge in [0.15, 0.2) is 0 Å². The Morgan fingerprint density at radius 3 is 2.84 bits per heavy atom. The van der Waals surface area contributed by atoms with Crippen LogP contribution in [0.3, 0.4) is 0 Å². The van der Waals surface area contributed by atoms with Crippen LogP contribution in [-0.2, 0) is 10.0 Å². The van der Waals surface area contributed by atoms with E-state index >= 15 is 0 Å². The summed E-state index contributed by atoms with van der Waals surface area (Å²) in [6, 6.07) is 7.05. The highest BCUT2D eigenvalue weighted by molar-refractivity contribution is 7.95. The number of anilines is 1. The normalized spacial score (nSPS) is 13.1. The molecule has 1 atom stereocenters. The molecule has 1 aromatic heterocycles. The molecule has 0 spiro atoms. The molecule has 1 heterocycles. The summed E-state index contributed by atoms with van der Waals surface area (Å²) in [5.74, 6) is 0. The molecule has 2 aromatic rings. The summed E-state index contributed by atoms with van der Waals surface area (Å²) in [5.41, 5.74) is 5.88. The lowest BCUT2D eigenvalue weighted by Gasteiger charge is -2.14. The molecule has 7 heteroatoms. The van der Waals surface area contributed by atoms with Gasteiger partial charge in [-0.2, -0.15) is 0 Å². The fourth-order valence-electron chi connectivity index (χ4n) is 1.61. The van der Waals surface area contributed by atoms with Crippen LogP contribution in [0.15, 0.2) is 36.7 Å². The lowest BCUT2D eigenvalue weighted by molar-refractivity contribution is 0.598. The summed E-state index contributed by atoms with van der Waals surface area (Å²) in [6.45, 7) is 1.46. The van der Waals surface area contributed by atoms with E-state index in [2.05, 4.69) is 9.71 Å². The average molecular weight is 295 g/mol. The standard InChI is InChI=1S/C12H13N3O2S2/c1-8(12(13)18)19(16,17)15-11-4-2-3-9-7-14-6-5-10(9)11/h2-8,15H,1H3,(H2,13,18). The first-order valence-corrected chi connectivity index (χ1v) is 7.51. The average Bonchev–Trinajstić information content (AvgIpc) is 2.38. The predicted molar refractivity (Wildman–Crippen MR) is 80.5 cm³/mol. The van der Waals surface area contributed by atoms with Crippen molar-refractivity contribution in [1.29, 1.82) is 0 Å². The van der Waals surface area contributed by atoms with Gasteiger partial charge < -0.3 is 5.73 Å². The smallest absolute Gasteiger partial charge is 0.241 e. The quantitative estimate of drug-likeness (QED) is 0.838. The molecule has 0 bridgehead atoms. The molecule has 100 valence electrons. The molecule has 0 aliphatic rings. The number of sulfonamides is 1. The molecule has 1 unspecified atom stereocenters. The number of pyridine rings is 1. The van der Waals surface area contributed by atoms with Gasteiger partial charge in [-0.15, -0.1) is 0 Å². The number of aromatic nitrogens is 1. The van der Waals surface area contributed by atoms with Crippen LogP contribution >= 0.6 is 12.2 Å². The van der Waals surface area contributed by atoms with Crippen molar-refractivity contribution in [3.8, 4) is 0 Å². The summed E-state index contributed by atoms with van der Waals surface area (Å²) >= 11 is 4.73. The van der Waals surface area contributed by atoms with Gasteiger partial charge in [-0.05, 0) is 19.1 Å². The minimum atomic E-state index is -3.64. The summed E-state index contributed by atoms with van der Waals surface area (Å²) in [4.78, 5) is 3.94. The maximum Gasteiger partial charge on any atom is 0.241 e. The van der Waals surface area contributed by atoms with E-state index in [4.69, 9.17) is 18.0 Å². The monoisotopic (exact) mass is 295 g/mol. The van der Waals surface area contributed by atoms with Crippen molar-refractivity contribution in [3.63, 3.8) is 0 Å². The third-order valence-corrected chi connectivity index (χ3v) is 4.99. The summed E-state index contributed by atoms with van der Waals surface area (Å²) in [6.07, 6.45) is 3.28. The predicted octanol–water partition coefficient (Wildman–Crippen LogP) is 1.65. The van der Waals surface area contributed by atoms with Gasteiger partial charge in [0, 0.05) is 23.2 Å². The lowest BCUT2D eigenvalue weighted by atomic mass is 10.1. The number of nitrogens with two attached hydrogens (primary N) is 1. The number of hydrogen-bond acceptors (Lipinski definition) is 4. The van der Waals surface area contributed by atoms with E-state index in [1.165, 1.54) is 6.92 Å². The zero-order chi connectivity index (χ0) is 14.0. The molecule has 19 heavy (non-hydrogen) atoms. The zero-order valence-electron chi connectivity index (χ0n) is 10.2. The Balaban J connectivity index is 2.45. The zero-order valence-corrected chi connectivity index (χ0v) is 11.8. The molecule has 0 fully saturated rings. The van der Waals surface area contributed by atoms with Crippen molar-refractivity contribution in [2.45, 2.75) is 12.2 Å². The number of nitrogens with zero attached hydrogens (tertiary/aromatic N) is 1. The van der Waals surface area contributed by atoms with Crippen molar-refractivity contribution in [2.75, 3.05) is 4.72 Å². The Kier molecular flexibility index (Phi) is 3.68. The van der Waals surface area contributed by atoms with Crippen LogP contribution < -0.4 is 10.5 Å². The van der Waals surface area contributed by atoms with Crippen molar-refractivity contribution >= 4 is 43.7 Å². The molecule has 5 nitrogen and oxygen atoms in total. The maximum absolute atomic E-state index is 12.1. The molecule has 0 saturated carbocycles. The number of rotatable bonds is 4. The van der Waals surface area contributed by atoms with Crippen LogP contribution in [0.4, 0.5) is 5.69 Å². The van der Waals surface area contributed by atoms with E-state index in [-0.39, 0.29) is 4.99 Å². The second-order valence-corrected chi connectivity index (χ2v) is 6.57. The van der Waals surface area contributed by atoms with E-state index in [1.807, 2.05) is 6.07 Å². The summed E-state index contributed by atoms with van der Waals surface area (Å²) < 4.78 is 26.7. The number of fused-ring (bicyclic) bond motifs is 1. The number of thiocarbonyl (C=S) groups is 1. The Labute approximate surface area is 116 Å². The molecule has 0 radical (unpaired) electrons. The van der Waals surface area contributed by atoms with Gasteiger partial charge in [-0.25, -0.2) is 8.42 Å². The molecule has 0 amide bonds. The van der Waals surface area contributed by atoms with Crippen molar-refractivity contribution in [3.05, 3.63) is 36.7 Å². The van der Waals surface area contributed by atoms with E-state index < -0.39 is 15.3 Å². The second kappa shape index (κ2) is 5.10. The largest absolute Gasteiger partial charge is 0.392 e. The first-order chi connectivity index (χ1) is 8.92. The van der Waals surface area contributed by atoms with Crippen LogP contribution in [-0.4, -0.2) is 23.6 Å². The third-order valence-electron chi connectivity index (χ3n) is 2.80. The van der Waals surface area contributed by atoms with Gasteiger partial charge in [0.2, 0.25) is 10.0 Å². The fraction of sp³-hybridized carbons (Fsp3) is 0.167. The summed E-state index contributed by atoms with van der Waals surface area (Å²) in [5, 5.41) is 0.696. The van der Waals surface area contributed by atoms with Crippen molar-refractivity contribution in [2.24, 2.45) is 5.73 Å². The number of benzene rings is 1. The lowest BCUT2D eigenvalue weighted by Crippen LogP contribution is -2.35. The highest BCUT2D eigenvalue weighted by Gasteiger charge is 2.23. The van der Waals surface area contributed by atoms with Crippen LogP contribution in [0.2, 0.25) is 0 Å². The van der Waals surface area contributed by atoms with Gasteiger partial charge in [-0.3, -0.25) is 9.71 Å². The summed E-state index contributed by atoms with van der Waals surface area (Å²) in [7, 11) is -3.64. The third kappa shape index (κ3) is 2.82. The molecular weight excluding hydrogens is 282 g/mol. The maximum atomic E-state index is 12.1. The van der Waals surface area contributed by atoms with Crippen molar-refractivity contribution < 1.29 is 8.42 Å². The molecule has 1 aromatic carbocycles. The van der Waals surface area contributed by atoms with Gasteiger partial charge in [0.1, 0.15) is 5.25 Å². The minimum Gasteiger partial charge on any atom is -0.392 e. The Hall–Kier alpha value is -1.73. The van der Waals surface area contributed by atoms with Crippen LogP contribution in [0.25, 0.3) is 10.8 Å². The molecule has 2 rings (SSSR count). The number of hydrogen-bond donors (Lipinski definition) is 2. The molecule has 0 aliphatic heterocycles. The number of nitrogens with one attached hydrogen (secondary N) is 1. The van der Waals surface area contributed by atoms with Gasteiger partial charge >= 0.3 is 0 Å². The van der Waals surface area contributed by atoms with Crippen molar-refractivity contribution in [1.82, 2.24) is 4.98 Å². The highest BCUT2D eigenvalue weighted by atomic mass is 32.2. The van der Waals surface area contributed by atoms with Crippen LogP contribution in [0.1, 0.15) is 6.92 Å². The topological polar surface area (TPSA) is 85.1 Å². The molecular formula is C12H13N3O2S2. The van der Waals surface area contributed by atoms with E-state index in [0.717, 1.165) is 10.8 Å². The Morgan fingerprint density at radius 1 is 1.42 bits per heavy atom. The van der Waals surface area contributed by atoms with Crippen LogP contribution in [0.5, 0.6) is 0 Å². The van der Waals surface area contributed by atoms with E-state index in [9.17, 15) is 8.42 Å². The fourth-order valence-corrected chi connectivity index (χ4v) is 2.95. The van der Waals surface area contributed by atoms with Gasteiger partial charge in [0.05, 0.1) is 10.7 Å². The van der Waals surface area contributed by atoms with E-state index in [1.54, 1.807) is 30.6 Å². The second-order valence-electron chi connectivity index (χ2n) is 4.09. The molecule has 0 aliphatic carbocycles. The molecule has 3 N–H and O–H groups in total. The first kappa shape index (κ1) is 13.7. The minimum absolute atomic E-state index is 0.0607. The van der Waals surface area contributed by atoms with Gasteiger partial charge in [-0.1, -0.05) is 24.4 Å². The SMILES string of the molecule is CC(C(N)=S)S(=O)(=O)Nc1cccc2cnccc12. The Morgan fingerprint density at radius 2 is 2.16 bits per heavy atom. The highest BCUT2D eigenvalue weighted by Crippen LogP contribution is 2.23. The van der Waals surface area contributed by atoms with Crippen LogP contribution in [0, 0.1) is 0 Å². The van der Waals surface area contributed by atoms with Gasteiger partial charge in [0.25, 0.3) is 0 Å². The Bertz CT molecular complexity index is 723. The first-order valence-electron chi connectivity index (χ1n) is 5.55.